The molecule has 6 rings (SSSR count). The molecule has 0 saturated carbocycles. The minimum atomic E-state index is -0.00228. The third-order valence-electron chi connectivity index (χ3n) is 6.13. The number of hydrogen-bond acceptors (Lipinski definition) is 6. The number of H-pyrrole nitrogens is 2. The SMILES string of the molecule is CCCCC(=O)Nc1cncc(-c2ccc3[nH]nc(-c4nc5c(-c6ccoc6)cncc5[nH]4)c3c2)c1. The maximum absolute atomic E-state index is 12.2. The summed E-state index contributed by atoms with van der Waals surface area (Å²) in [5.74, 6) is 0.638. The van der Waals surface area contributed by atoms with Crippen molar-refractivity contribution in [2.45, 2.75) is 26.2 Å². The first-order chi connectivity index (χ1) is 17.7. The number of carbonyl (C=O) groups excluding carboxylic acids is 1. The van der Waals surface area contributed by atoms with Crippen molar-refractivity contribution in [3.63, 3.8) is 0 Å². The predicted octanol–water partition coefficient (Wildman–Crippen LogP) is 5.95. The molecule has 0 aliphatic carbocycles. The zero-order valence-corrected chi connectivity index (χ0v) is 19.6. The Balaban J connectivity index is 1.37. The fraction of sp³-hybridized carbons (Fsp3) is 0.148. The minimum absolute atomic E-state index is 0.00228. The van der Waals surface area contributed by atoms with Crippen molar-refractivity contribution < 1.29 is 9.21 Å². The van der Waals surface area contributed by atoms with E-state index in [-0.39, 0.29) is 5.91 Å². The van der Waals surface area contributed by atoms with E-state index in [1.807, 2.05) is 24.3 Å². The van der Waals surface area contributed by atoms with Gasteiger partial charge in [0.25, 0.3) is 0 Å². The van der Waals surface area contributed by atoms with Crippen LogP contribution in [0.2, 0.25) is 0 Å². The lowest BCUT2D eigenvalue weighted by Crippen LogP contribution is -2.11. The summed E-state index contributed by atoms with van der Waals surface area (Å²) < 4.78 is 5.25. The molecule has 0 aliphatic rings. The number of aromatic amines is 2. The van der Waals surface area contributed by atoms with Crippen molar-refractivity contribution in [3.05, 3.63) is 67.6 Å². The molecule has 0 saturated heterocycles. The van der Waals surface area contributed by atoms with Gasteiger partial charge in [0.15, 0.2) is 5.82 Å². The van der Waals surface area contributed by atoms with Crippen molar-refractivity contribution in [1.82, 2.24) is 30.1 Å². The number of amides is 1. The first-order valence-corrected chi connectivity index (χ1v) is 11.8. The molecular formula is C27H23N7O2. The number of nitrogens with zero attached hydrogens (tertiary/aromatic N) is 4. The number of furan rings is 1. The van der Waals surface area contributed by atoms with Crippen LogP contribution in [0.15, 0.2) is 72.1 Å². The Morgan fingerprint density at radius 1 is 1.00 bits per heavy atom. The maximum atomic E-state index is 12.2. The Labute approximate surface area is 206 Å². The van der Waals surface area contributed by atoms with Crippen LogP contribution in [0.4, 0.5) is 5.69 Å². The Morgan fingerprint density at radius 3 is 2.78 bits per heavy atom. The number of rotatable bonds is 7. The fourth-order valence-electron chi connectivity index (χ4n) is 4.28. The van der Waals surface area contributed by atoms with Crippen LogP contribution in [-0.4, -0.2) is 36.0 Å². The predicted molar refractivity (Wildman–Crippen MR) is 138 cm³/mol. The van der Waals surface area contributed by atoms with Crippen molar-refractivity contribution in [1.29, 1.82) is 0 Å². The molecule has 0 unspecified atom stereocenters. The molecule has 0 aliphatic heterocycles. The van der Waals surface area contributed by atoms with Crippen LogP contribution in [-0.2, 0) is 4.79 Å². The molecule has 5 aromatic heterocycles. The summed E-state index contributed by atoms with van der Waals surface area (Å²) in [7, 11) is 0. The topological polar surface area (TPSA) is 125 Å². The van der Waals surface area contributed by atoms with E-state index in [0.717, 1.165) is 57.0 Å². The van der Waals surface area contributed by atoms with Gasteiger partial charge >= 0.3 is 0 Å². The Kier molecular flexibility index (Phi) is 5.49. The van der Waals surface area contributed by atoms with E-state index >= 15 is 0 Å². The van der Waals surface area contributed by atoms with Gasteiger partial charge in [0.1, 0.15) is 11.2 Å². The second kappa shape index (κ2) is 9.10. The van der Waals surface area contributed by atoms with Crippen LogP contribution in [0.3, 0.4) is 0 Å². The lowest BCUT2D eigenvalue weighted by atomic mass is 10.0. The van der Waals surface area contributed by atoms with Crippen molar-refractivity contribution in [3.8, 4) is 33.8 Å². The van der Waals surface area contributed by atoms with Gasteiger partial charge < -0.3 is 14.7 Å². The Bertz CT molecular complexity index is 1680. The molecule has 5 heterocycles. The second-order valence-corrected chi connectivity index (χ2v) is 8.63. The zero-order valence-electron chi connectivity index (χ0n) is 19.6. The first kappa shape index (κ1) is 21.7. The number of aromatic nitrogens is 6. The number of imidazole rings is 1. The molecule has 0 fully saturated rings. The first-order valence-electron chi connectivity index (χ1n) is 11.8. The number of anilines is 1. The van der Waals surface area contributed by atoms with Crippen LogP contribution >= 0.6 is 0 Å². The lowest BCUT2D eigenvalue weighted by Gasteiger charge is -2.07. The number of nitrogens with one attached hydrogen (secondary N) is 3. The molecule has 1 aromatic carbocycles. The highest BCUT2D eigenvalue weighted by molar-refractivity contribution is 5.98. The molecule has 0 spiro atoms. The highest BCUT2D eigenvalue weighted by atomic mass is 16.3. The van der Waals surface area contributed by atoms with E-state index in [4.69, 9.17) is 9.40 Å². The fourth-order valence-corrected chi connectivity index (χ4v) is 4.28. The number of fused-ring (bicyclic) bond motifs is 2. The Morgan fingerprint density at radius 2 is 1.92 bits per heavy atom. The summed E-state index contributed by atoms with van der Waals surface area (Å²) >= 11 is 0. The van der Waals surface area contributed by atoms with Crippen LogP contribution in [0.1, 0.15) is 26.2 Å². The van der Waals surface area contributed by atoms with Gasteiger partial charge in [0.2, 0.25) is 5.91 Å². The van der Waals surface area contributed by atoms with Crippen LogP contribution in [0.5, 0.6) is 0 Å². The van der Waals surface area contributed by atoms with Crippen molar-refractivity contribution in [2.75, 3.05) is 5.32 Å². The number of hydrogen-bond donors (Lipinski definition) is 3. The largest absolute Gasteiger partial charge is 0.472 e. The Hall–Kier alpha value is -4.79. The van der Waals surface area contributed by atoms with Gasteiger partial charge in [-0.2, -0.15) is 5.10 Å². The molecule has 0 radical (unpaired) electrons. The molecule has 178 valence electrons. The zero-order chi connectivity index (χ0) is 24.5. The third-order valence-corrected chi connectivity index (χ3v) is 6.13. The molecule has 3 N–H and O–H groups in total. The normalized spacial score (nSPS) is 11.4. The molecule has 9 heteroatoms. The summed E-state index contributed by atoms with van der Waals surface area (Å²) in [6, 6.07) is 9.85. The quantitative estimate of drug-likeness (QED) is 0.261. The molecule has 9 nitrogen and oxygen atoms in total. The standard InChI is InChI=1S/C27H23N7O2/c1-2-3-4-24(35)30-19-9-18(11-28-12-19)16-5-6-22-20(10-16)26(34-33-22)27-31-23-14-29-13-21(25(23)32-27)17-7-8-36-15-17/h5-15H,2-4H2,1H3,(H,30,35)(H,31,32)(H,33,34). The average molecular weight is 478 g/mol. The van der Waals surface area contributed by atoms with E-state index < -0.39 is 0 Å². The molecule has 0 bridgehead atoms. The van der Waals surface area contributed by atoms with Crippen LogP contribution < -0.4 is 5.32 Å². The van der Waals surface area contributed by atoms with Gasteiger partial charge in [0, 0.05) is 40.9 Å². The van der Waals surface area contributed by atoms with E-state index in [2.05, 4.69) is 43.5 Å². The van der Waals surface area contributed by atoms with Gasteiger partial charge in [-0.1, -0.05) is 19.4 Å². The van der Waals surface area contributed by atoms with Crippen LogP contribution in [0.25, 0.3) is 55.7 Å². The monoisotopic (exact) mass is 477 g/mol. The van der Waals surface area contributed by atoms with Gasteiger partial charge in [-0.15, -0.1) is 0 Å². The smallest absolute Gasteiger partial charge is 0.224 e. The lowest BCUT2D eigenvalue weighted by molar-refractivity contribution is -0.116. The highest BCUT2D eigenvalue weighted by Crippen LogP contribution is 2.33. The van der Waals surface area contributed by atoms with Crippen molar-refractivity contribution >= 4 is 33.5 Å². The van der Waals surface area contributed by atoms with E-state index in [0.29, 0.717) is 23.6 Å². The summed E-state index contributed by atoms with van der Waals surface area (Å²) in [6.45, 7) is 2.07. The molecule has 36 heavy (non-hydrogen) atoms. The molecular weight excluding hydrogens is 454 g/mol. The van der Waals surface area contributed by atoms with Gasteiger partial charge in [-0.25, -0.2) is 4.98 Å². The third kappa shape index (κ3) is 4.00. The molecule has 6 aromatic rings. The molecule has 1 amide bonds. The van der Waals surface area contributed by atoms with Crippen LogP contribution in [0, 0.1) is 0 Å². The average Bonchev–Trinajstić information content (AvgIpc) is 3.66. The molecule has 0 atom stereocenters. The maximum Gasteiger partial charge on any atom is 0.224 e. The minimum Gasteiger partial charge on any atom is -0.472 e. The van der Waals surface area contributed by atoms with E-state index in [9.17, 15) is 4.79 Å². The van der Waals surface area contributed by atoms with E-state index in [1.165, 1.54) is 0 Å². The second-order valence-electron chi connectivity index (χ2n) is 8.63. The number of benzene rings is 1. The number of unbranched alkanes of at least 4 members (excludes halogenated alkanes) is 1. The van der Waals surface area contributed by atoms with Crippen molar-refractivity contribution in [2.24, 2.45) is 0 Å². The highest BCUT2D eigenvalue weighted by Gasteiger charge is 2.16. The number of carbonyl (C=O) groups is 1. The summed E-state index contributed by atoms with van der Waals surface area (Å²) in [4.78, 5) is 29.1. The van der Waals surface area contributed by atoms with Gasteiger partial charge in [0.05, 0.1) is 41.6 Å². The van der Waals surface area contributed by atoms with Gasteiger partial charge in [-0.05, 0) is 36.2 Å². The summed E-state index contributed by atoms with van der Waals surface area (Å²) in [5.41, 5.74) is 7.53. The summed E-state index contributed by atoms with van der Waals surface area (Å²) in [5, 5.41) is 11.5. The summed E-state index contributed by atoms with van der Waals surface area (Å²) in [6.07, 6.45) is 12.6. The number of pyridine rings is 2. The van der Waals surface area contributed by atoms with Gasteiger partial charge in [-0.3, -0.25) is 19.9 Å². The van der Waals surface area contributed by atoms with E-state index in [1.54, 1.807) is 37.3 Å².